The predicted octanol–water partition coefficient (Wildman–Crippen LogP) is 0.975. The fourth-order valence-electron chi connectivity index (χ4n) is 6.88. The number of esters is 2. The summed E-state index contributed by atoms with van der Waals surface area (Å²) in [6.07, 6.45) is 7.58. The number of carbonyl (C=O) groups excluding carboxylic acids is 22. The van der Waals surface area contributed by atoms with E-state index in [0.717, 1.165) is 82.6 Å². The van der Waals surface area contributed by atoms with Gasteiger partial charge in [-0.2, -0.15) is 9.69 Å². The lowest BCUT2D eigenvalue weighted by molar-refractivity contribution is -0.198. The summed E-state index contributed by atoms with van der Waals surface area (Å²) in [7, 11) is 1.10. The van der Waals surface area contributed by atoms with E-state index in [-0.39, 0.29) is 201 Å². The van der Waals surface area contributed by atoms with Crippen molar-refractivity contribution in [3.63, 3.8) is 0 Å². The monoisotopic (exact) mass is 1550 g/mol. The Morgan fingerprint density at radius 2 is 0.546 bits per heavy atom. The summed E-state index contributed by atoms with van der Waals surface area (Å²) < 4.78 is 8.15. The van der Waals surface area contributed by atoms with Gasteiger partial charge in [0.25, 0.3) is 94.5 Å². The Labute approximate surface area is 620 Å². The highest BCUT2D eigenvalue weighted by molar-refractivity contribution is 6.21. The summed E-state index contributed by atoms with van der Waals surface area (Å²) in [4.78, 5) is 292. The fourth-order valence-corrected chi connectivity index (χ4v) is 6.88. The first-order chi connectivity index (χ1) is 46.1. The highest BCUT2D eigenvalue weighted by Gasteiger charge is 2.39. The van der Waals surface area contributed by atoms with Gasteiger partial charge in [-0.25, -0.2) is 24.0 Å². The molecule has 0 aromatic carbocycles. The summed E-state index contributed by atoms with van der Waals surface area (Å²) in [5.41, 5.74) is 9.70. The molecule has 9 aliphatic heterocycles. The highest BCUT2D eigenvalue weighted by Crippen LogP contribution is 2.18. The van der Waals surface area contributed by atoms with Crippen LogP contribution < -0.4 is 11.5 Å². The summed E-state index contributed by atoms with van der Waals surface area (Å²) in [6.45, 7) is 0.101. The number of carboxylic acid groups (broad SMARTS) is 3. The summed E-state index contributed by atoms with van der Waals surface area (Å²) in [6, 6.07) is 0. The Kier molecular flexibility index (Phi) is 59.3. The number of rotatable bonds is 17. The molecule has 4 saturated heterocycles. The number of nitrogens with zero attached hydrogens (tertiary/aromatic N) is 8. The lowest BCUT2D eigenvalue weighted by atomic mass is 10.4. The molecular weight excluding hydrogens is 1450 g/mol. The molecule has 0 aromatic heterocycles. The van der Waals surface area contributed by atoms with Gasteiger partial charge in [-0.3, -0.25) is 115 Å². The number of nitrogens with two attached hydrogens (primary N) is 2. The molecule has 0 aromatic rings. The van der Waals surface area contributed by atoms with Crippen LogP contribution in [0.5, 0.6) is 0 Å². The van der Waals surface area contributed by atoms with Crippen LogP contribution in [0.25, 0.3) is 0 Å². The van der Waals surface area contributed by atoms with Crippen LogP contribution in [0.1, 0.15) is 158 Å². The molecule has 0 atom stereocenters. The average molecular weight is 1550 g/mol. The maximum atomic E-state index is 11.4. The number of hydrogen-bond donors (Lipinski definition) is 5. The molecule has 44 heteroatoms. The first kappa shape index (κ1) is 113. The van der Waals surface area contributed by atoms with E-state index in [1.165, 1.54) is 0 Å². The van der Waals surface area contributed by atoms with E-state index in [1.807, 2.05) is 0 Å². The Morgan fingerprint density at radius 3 is 0.731 bits per heavy atom. The van der Waals surface area contributed by atoms with Crippen molar-refractivity contribution in [3.8, 4) is 0 Å². The molecule has 9 rings (SSSR count). The van der Waals surface area contributed by atoms with E-state index < -0.39 is 149 Å². The number of methoxy groups -OCH3 is 1. The number of amides is 17. The standard InChI is InChI=1S/2C11H10N2O6.C9H8N2O7.C7H7NO4.C6H5NO4.C4H2O3.2C3H7NO2.10CH4/c2*14-7-1-2-8(15)12(7)6-5-11(18)19-13-9(16)3-4-10(13)17;12-5-1-2-6(13)10(5)17-9(16)18-11-7(14)3-4-8(11)15;9-5-1-2-6(10)8(5)4-3-7(11)12;1-11-6(10)7-4(8)2-3-5(7)9;5-3-1-2-4(6)7-3;2*4-2-1-3(5)6;;;;;;;;;;/h2*1-2H,3-6H2;1-4H2;1-2H,3-4H2,(H,11,12);2-3H,1H3;1-2H;2*1-2,4H2,(H,5,6);10*1H4. The molecule has 0 bridgehead atoms. The first-order valence-electron chi connectivity index (χ1n) is 27.6. The summed E-state index contributed by atoms with van der Waals surface area (Å²) in [5.74, 6) is -14.8. The van der Waals surface area contributed by atoms with Crippen molar-refractivity contribution >= 4 is 149 Å². The molecule has 4 fully saturated rings. The van der Waals surface area contributed by atoms with Crippen molar-refractivity contribution in [2.45, 2.75) is 158 Å². The number of cyclic esters (lactones) is 2. The van der Waals surface area contributed by atoms with Gasteiger partial charge in [-0.15, -0.1) is 10.1 Å². The minimum Gasteiger partial charge on any atom is -0.481 e. The first-order valence-corrected chi connectivity index (χ1v) is 27.6. The number of aliphatic carboxylic acids is 3. The van der Waals surface area contributed by atoms with E-state index in [2.05, 4.69) is 28.8 Å². The summed E-state index contributed by atoms with van der Waals surface area (Å²) >= 11 is 0. The van der Waals surface area contributed by atoms with E-state index in [0.29, 0.717) is 15.0 Å². The van der Waals surface area contributed by atoms with Gasteiger partial charge in [0, 0.05) is 145 Å². The number of ether oxygens (including phenoxy) is 2. The van der Waals surface area contributed by atoms with E-state index in [4.69, 9.17) is 26.8 Å². The molecule has 44 nitrogen and oxygen atoms in total. The zero-order valence-corrected chi connectivity index (χ0v) is 50.7. The Bertz CT molecular complexity index is 3200. The largest absolute Gasteiger partial charge is 0.560 e. The van der Waals surface area contributed by atoms with Crippen LogP contribution in [0, 0.1) is 0 Å². The van der Waals surface area contributed by atoms with Crippen LogP contribution in [-0.4, -0.2) is 244 Å². The molecule has 0 aliphatic carbocycles. The van der Waals surface area contributed by atoms with Gasteiger partial charge >= 0.3 is 54.0 Å². The highest BCUT2D eigenvalue weighted by atomic mass is 16.9. The van der Waals surface area contributed by atoms with E-state index in [1.54, 1.807) is 0 Å². The summed E-state index contributed by atoms with van der Waals surface area (Å²) in [5, 5.41) is 25.3. The molecule has 9 heterocycles. The van der Waals surface area contributed by atoms with Crippen LogP contribution in [0.2, 0.25) is 0 Å². The van der Waals surface area contributed by atoms with Crippen LogP contribution in [-0.2, 0) is 139 Å². The van der Waals surface area contributed by atoms with Gasteiger partial charge in [-0.05, 0) is 0 Å². The minimum atomic E-state index is -1.48. The zero-order chi connectivity index (χ0) is 74.1. The zero-order valence-electron chi connectivity index (χ0n) is 50.7. The number of carboxylic acids is 3. The second-order valence-electron chi connectivity index (χ2n) is 18.6. The van der Waals surface area contributed by atoms with Gasteiger partial charge in [0.05, 0.1) is 39.2 Å². The van der Waals surface area contributed by atoms with Gasteiger partial charge in [-0.1, -0.05) is 84.4 Å². The quantitative estimate of drug-likeness (QED) is 0.0769. The molecule has 0 unspecified atom stereocenters. The number of hydroxylamine groups is 8. The van der Waals surface area contributed by atoms with Gasteiger partial charge in [0.15, 0.2) is 0 Å². The molecule has 7 N–H and O–H groups in total. The third-order valence-electron chi connectivity index (χ3n) is 11.5. The van der Waals surface area contributed by atoms with Crippen LogP contribution in [0.3, 0.4) is 0 Å². The van der Waals surface area contributed by atoms with Crippen molar-refractivity contribution in [3.05, 3.63) is 60.8 Å². The van der Waals surface area contributed by atoms with Crippen molar-refractivity contribution in [1.82, 2.24) is 39.9 Å². The fraction of sp³-hybridized carbons (Fsp3) is 0.453. The second kappa shape index (κ2) is 56.4. The molecule has 0 radical (unpaired) electrons. The number of carbonyl (C=O) groups is 25. The minimum absolute atomic E-state index is 0. The van der Waals surface area contributed by atoms with Crippen LogP contribution in [0.15, 0.2) is 60.8 Å². The van der Waals surface area contributed by atoms with Crippen LogP contribution >= 0.6 is 0 Å². The lowest BCUT2D eigenvalue weighted by Gasteiger charge is -2.15. The van der Waals surface area contributed by atoms with Crippen molar-refractivity contribution < 1.29 is 164 Å². The molecule has 0 saturated carbocycles. The molecule has 606 valence electrons. The van der Waals surface area contributed by atoms with Gasteiger partial charge < -0.3 is 45.9 Å². The van der Waals surface area contributed by atoms with E-state index >= 15 is 0 Å². The van der Waals surface area contributed by atoms with Crippen molar-refractivity contribution in [1.29, 1.82) is 0 Å². The van der Waals surface area contributed by atoms with Crippen LogP contribution in [0.4, 0.5) is 9.59 Å². The molecule has 108 heavy (non-hydrogen) atoms. The molecule has 9 aliphatic rings. The van der Waals surface area contributed by atoms with Gasteiger partial charge in [0.2, 0.25) is 0 Å². The average Bonchev–Trinajstić information content (AvgIpc) is 1.71. The van der Waals surface area contributed by atoms with Crippen molar-refractivity contribution in [2.75, 3.05) is 39.8 Å². The molecule has 17 amide bonds. The normalized spacial score (nSPS) is 15.3. The number of hydrogen-bond acceptors (Lipinski definition) is 33. The smallest absolute Gasteiger partial charge is 0.481 e. The Balaban J connectivity index is -0.000000151. The molecular formula is C64H96N10O34. The number of imide groups is 10. The third kappa shape index (κ3) is 38.5. The Morgan fingerprint density at radius 1 is 0.333 bits per heavy atom. The third-order valence-corrected chi connectivity index (χ3v) is 11.5. The maximum Gasteiger partial charge on any atom is 0.560 e. The lowest BCUT2D eigenvalue weighted by Crippen LogP contribution is -2.37. The molecule has 0 spiro atoms. The SMILES string of the molecule is C.C.C.C.C.C.C.C.C.C.COC(=O)N1C(=O)C=CC1=O.NCCC(=O)O.NCCC(=O)O.O=C(CCN1C(=O)C=CC1=O)ON1C(=O)CCC1=O.O=C(CCN1C(=O)C=CC1=O)ON1C(=O)CCC1=O.O=C(O)CCN1C(=O)C=CC1=O.O=C(ON1C(=O)CCC1=O)ON1C(=O)CCC1=O.O=C1C=CC(=O)O1. The Hall–Kier alpha value is -13.0. The maximum absolute atomic E-state index is 11.4. The van der Waals surface area contributed by atoms with Gasteiger partial charge in [0.1, 0.15) is 0 Å². The second-order valence-corrected chi connectivity index (χ2v) is 18.6. The van der Waals surface area contributed by atoms with E-state index in [9.17, 15) is 120 Å². The topological polar surface area (TPSA) is 621 Å². The predicted molar refractivity (Wildman–Crippen MR) is 367 cm³/mol. The van der Waals surface area contributed by atoms with Crippen molar-refractivity contribution in [2.24, 2.45) is 11.5 Å².